The van der Waals surface area contributed by atoms with Crippen molar-refractivity contribution in [2.75, 3.05) is 89.7 Å². The maximum absolute atomic E-state index is 12.3. The minimum absolute atomic E-state index is 0.145. The summed E-state index contributed by atoms with van der Waals surface area (Å²) in [5.41, 5.74) is 5.97. The predicted octanol–water partition coefficient (Wildman–Crippen LogP) is 7.01. The molecule has 0 spiro atoms. The number of sulfonamides is 1. The van der Waals surface area contributed by atoms with Crippen LogP contribution in [-0.2, 0) is 43.1 Å². The van der Waals surface area contributed by atoms with Gasteiger partial charge < -0.3 is 29.5 Å². The molecule has 3 N–H and O–H groups in total. The highest BCUT2D eigenvalue weighted by Crippen LogP contribution is 2.29. The van der Waals surface area contributed by atoms with Crippen molar-refractivity contribution in [3.05, 3.63) is 63.1 Å². The van der Waals surface area contributed by atoms with Crippen molar-refractivity contribution in [2.45, 2.75) is 118 Å². The molecule has 4 aliphatic heterocycles. The number of nitrogens with one attached hydrogen (secondary N) is 3. The van der Waals surface area contributed by atoms with E-state index in [1.165, 1.54) is 60.1 Å². The van der Waals surface area contributed by atoms with Crippen molar-refractivity contribution < 1.29 is 35.9 Å². The van der Waals surface area contributed by atoms with E-state index in [0.717, 1.165) is 102 Å². The molecule has 16 nitrogen and oxygen atoms in total. The van der Waals surface area contributed by atoms with Crippen LogP contribution < -0.4 is 14.9 Å². The van der Waals surface area contributed by atoms with E-state index in [9.17, 15) is 18.0 Å². The second-order valence-corrected chi connectivity index (χ2v) is 22.5. The van der Waals surface area contributed by atoms with Gasteiger partial charge in [0.1, 0.15) is 11.2 Å². The Morgan fingerprint density at radius 3 is 1.57 bits per heavy atom. The number of halogens is 1. The number of piperazine rings is 2. The van der Waals surface area contributed by atoms with Gasteiger partial charge in [-0.15, -0.1) is 0 Å². The van der Waals surface area contributed by atoms with Crippen molar-refractivity contribution in [1.82, 2.24) is 29.6 Å². The highest BCUT2D eigenvalue weighted by molar-refractivity contribution is 9.10. The molecule has 4 aliphatic rings. The smallest absolute Gasteiger partial charge is 0.410 e. The van der Waals surface area contributed by atoms with Crippen LogP contribution in [0, 0.1) is 24.5 Å². The highest BCUT2D eigenvalue weighted by Gasteiger charge is 2.28. The summed E-state index contributed by atoms with van der Waals surface area (Å²) >= 11 is 3.58. The lowest BCUT2D eigenvalue weighted by molar-refractivity contribution is 0.0129. The summed E-state index contributed by atoms with van der Waals surface area (Å²) in [6, 6.07) is 13.2. The molecule has 2 aromatic carbocycles. The molecule has 0 aromatic heterocycles. The van der Waals surface area contributed by atoms with Crippen LogP contribution in [0.15, 0.2) is 40.9 Å². The fourth-order valence-corrected chi connectivity index (χ4v) is 9.06. The second-order valence-electron chi connectivity index (χ2n) is 19.4. The van der Waals surface area contributed by atoms with Crippen LogP contribution in [-0.4, -0.2) is 151 Å². The van der Waals surface area contributed by atoms with Gasteiger partial charge in [0.2, 0.25) is 10.0 Å². The van der Waals surface area contributed by atoms with Gasteiger partial charge in [0.05, 0.1) is 6.26 Å². The number of amides is 2. The Kier molecular flexibility index (Phi) is 22.6. The number of hydrogen-bond acceptors (Lipinski definition) is 13. The van der Waals surface area contributed by atoms with Crippen LogP contribution in [0.3, 0.4) is 0 Å². The van der Waals surface area contributed by atoms with E-state index in [1.54, 1.807) is 4.90 Å². The van der Waals surface area contributed by atoms with Crippen LogP contribution in [0.1, 0.15) is 96.4 Å². The third-order valence-corrected chi connectivity index (χ3v) is 13.1. The quantitative estimate of drug-likeness (QED) is 0.258. The third-order valence-electron chi connectivity index (χ3n) is 11.5. The molecular formula is C46H77BrN8O8S2. The molecule has 4 heterocycles. The first-order chi connectivity index (χ1) is 30.3. The molecule has 0 unspecified atom stereocenters. The number of hydrogen-bond donors (Lipinski definition) is 3. The van der Waals surface area contributed by atoms with Gasteiger partial charge >= 0.3 is 22.7 Å². The lowest BCUT2D eigenvalue weighted by Crippen LogP contribution is -2.49. The van der Waals surface area contributed by atoms with Crippen molar-refractivity contribution in [3.8, 4) is 0 Å². The largest absolute Gasteiger partial charge is 0.444 e. The molecule has 0 bridgehead atoms. The molecule has 4 saturated heterocycles. The fraction of sp³-hybridized carbons (Fsp3) is 0.696. The normalized spacial score (nSPS) is 18.2. The number of benzene rings is 2. The first-order valence-electron chi connectivity index (χ1n) is 22.8. The number of carbonyl (C=O) groups is 2. The van der Waals surface area contributed by atoms with E-state index in [1.807, 2.05) is 46.4 Å². The number of anilines is 1. The van der Waals surface area contributed by atoms with E-state index >= 15 is 0 Å². The molecule has 368 valence electrons. The Morgan fingerprint density at radius 2 is 1.15 bits per heavy atom. The third kappa shape index (κ3) is 21.9. The molecule has 0 atom stereocenters. The molecule has 2 amide bonds. The van der Waals surface area contributed by atoms with Crippen molar-refractivity contribution in [1.29, 1.82) is 4.78 Å². The average molecular weight is 1010 g/mol. The average Bonchev–Trinajstić information content (AvgIpc) is 3.20. The maximum atomic E-state index is 12.3. The Hall–Kier alpha value is -3.33. The Labute approximate surface area is 399 Å². The van der Waals surface area contributed by atoms with Crippen LogP contribution in [0.5, 0.6) is 0 Å². The Balaban J connectivity index is 0.000000268. The maximum Gasteiger partial charge on any atom is 0.410 e. The van der Waals surface area contributed by atoms with E-state index < -0.39 is 31.7 Å². The molecule has 0 aliphatic carbocycles. The standard InChI is InChI=1S/C23H37N3O2.C17H25BrN2O2.C6H14N2O2S.HNO2S/c1-18-9-11-25(12-10-18)21-8-6-7-20(19(21)2)17-24-13-15-26(16-14-24)22(27)28-23(3,4)5;1-13-14(6-5-7-15(13)18)12-19-8-10-20(11-9-19)16(21)22-17(2,3)4;1-11(9,10)8-6-2-4-7-5-3-6;1-4(2)3/h6-8,18H,9-17H2,1-5H3;5-7H,8-12H2,1-4H3;6-8H,2-5H2,1H3;1H. The summed E-state index contributed by atoms with van der Waals surface area (Å²) in [4.78, 5) is 35.3. The SMILES string of the molecule is CS(=O)(=O)NC1CCNCC1.Cc1c(Br)cccc1CN1CCN(C(=O)OC(C)(C)C)CC1.Cc1c(CN2CCN(C(=O)OC(C)(C)C)CC2)cccc1N1CCC(C)CC1.N=S(=O)=O. The Morgan fingerprint density at radius 1 is 0.738 bits per heavy atom. The van der Waals surface area contributed by atoms with Crippen molar-refractivity contribution in [3.63, 3.8) is 0 Å². The van der Waals surface area contributed by atoms with Crippen LogP contribution in [0.4, 0.5) is 15.3 Å². The zero-order chi connectivity index (χ0) is 48.5. The minimum atomic E-state index is -3.00. The van der Waals surface area contributed by atoms with Crippen molar-refractivity contribution in [2.24, 2.45) is 5.92 Å². The number of ether oxygens (including phenoxy) is 2. The van der Waals surface area contributed by atoms with E-state index in [0.29, 0.717) is 0 Å². The first-order valence-corrected chi connectivity index (χ1v) is 26.5. The first kappa shape index (κ1) is 56.0. The lowest BCUT2D eigenvalue weighted by atomic mass is 9.97. The van der Waals surface area contributed by atoms with E-state index in [2.05, 4.69) is 97.8 Å². The van der Waals surface area contributed by atoms with Crippen LogP contribution in [0.25, 0.3) is 0 Å². The lowest BCUT2D eigenvalue weighted by Gasteiger charge is -2.36. The molecule has 19 heteroatoms. The summed E-state index contributed by atoms with van der Waals surface area (Å²) in [6.07, 6.45) is 5.18. The zero-order valence-electron chi connectivity index (χ0n) is 40.5. The summed E-state index contributed by atoms with van der Waals surface area (Å²) in [6.45, 7) is 30.7. The number of carbonyl (C=O) groups excluding carboxylic acids is 2. The van der Waals surface area contributed by atoms with Crippen LogP contribution >= 0.6 is 15.9 Å². The van der Waals surface area contributed by atoms with Gasteiger partial charge in [-0.2, -0.15) is 13.2 Å². The summed E-state index contributed by atoms with van der Waals surface area (Å²) in [5, 5.41) is 3.17. The van der Waals surface area contributed by atoms with Gasteiger partial charge in [-0.1, -0.05) is 47.1 Å². The molecule has 2 aromatic rings. The van der Waals surface area contributed by atoms with Gasteiger partial charge in [-0.05, 0) is 134 Å². The van der Waals surface area contributed by atoms with E-state index in [-0.39, 0.29) is 18.2 Å². The molecular weight excluding hydrogens is 937 g/mol. The minimum Gasteiger partial charge on any atom is -0.444 e. The molecule has 0 radical (unpaired) electrons. The fourth-order valence-electron chi connectivity index (χ4n) is 7.81. The number of nitrogens with zero attached hydrogens (tertiary/aromatic N) is 5. The number of rotatable bonds is 7. The topological polar surface area (TPSA) is 185 Å². The molecule has 4 fully saturated rings. The van der Waals surface area contributed by atoms with Crippen molar-refractivity contribution >= 4 is 54.3 Å². The molecule has 6 rings (SSSR count). The summed E-state index contributed by atoms with van der Waals surface area (Å²) in [5.74, 6) is 0.848. The monoisotopic (exact) mass is 1010 g/mol. The van der Waals surface area contributed by atoms with Gasteiger partial charge in [-0.25, -0.2) is 22.7 Å². The highest BCUT2D eigenvalue weighted by atomic mass is 79.9. The summed E-state index contributed by atoms with van der Waals surface area (Å²) in [7, 11) is -5.61. The zero-order valence-corrected chi connectivity index (χ0v) is 43.8. The second kappa shape index (κ2) is 26.3. The van der Waals surface area contributed by atoms with Crippen LogP contribution in [0.2, 0.25) is 0 Å². The Bertz CT molecular complexity index is 2030. The predicted molar refractivity (Wildman–Crippen MR) is 262 cm³/mol. The molecule has 65 heavy (non-hydrogen) atoms. The number of piperidine rings is 2. The summed E-state index contributed by atoms with van der Waals surface area (Å²) < 4.78 is 59.0. The van der Waals surface area contributed by atoms with Gasteiger partial charge in [-0.3, -0.25) is 9.80 Å². The molecule has 0 saturated carbocycles. The van der Waals surface area contributed by atoms with Gasteiger partial charge in [0.25, 0.3) is 0 Å². The van der Waals surface area contributed by atoms with Gasteiger partial charge in [0, 0.05) is 94.7 Å². The van der Waals surface area contributed by atoms with E-state index in [4.69, 9.17) is 22.7 Å². The van der Waals surface area contributed by atoms with Gasteiger partial charge in [0.15, 0.2) is 0 Å².